The fourth-order valence-corrected chi connectivity index (χ4v) is 1.15. The molecule has 0 amide bonds. The quantitative estimate of drug-likeness (QED) is 0.318. The molecule has 0 aliphatic rings. The minimum atomic E-state index is -0.504. The lowest BCUT2D eigenvalue weighted by molar-refractivity contribution is -0.284. The molecule has 0 heterocycles. The molecule has 1 aromatic rings. The van der Waals surface area contributed by atoms with Gasteiger partial charge in [0.05, 0.1) is 4.90 Å². The van der Waals surface area contributed by atoms with Gasteiger partial charge in [-0.25, -0.2) is 0 Å². The summed E-state index contributed by atoms with van der Waals surface area (Å²) in [6.07, 6.45) is 0. The molecule has 0 unspecified atom stereocenters. The largest absolute Gasteiger partial charge is 0.429 e. The third kappa shape index (κ3) is 3.12. The lowest BCUT2D eigenvalue weighted by Gasteiger charge is -1.96. The van der Waals surface area contributed by atoms with Crippen molar-refractivity contribution in [2.75, 3.05) is 0 Å². The summed E-state index contributed by atoms with van der Waals surface area (Å²) in [5, 5.41) is 10.1. The van der Waals surface area contributed by atoms with Crippen molar-refractivity contribution < 1.29 is 13.9 Å². The maximum Gasteiger partial charge on any atom is 0.298 e. The summed E-state index contributed by atoms with van der Waals surface area (Å²) in [6, 6.07) is 5.99. The van der Waals surface area contributed by atoms with Crippen molar-refractivity contribution in [2.45, 2.75) is 4.90 Å². The molecule has 1 rings (SSSR count). The molecule has 0 aromatic heterocycles. The van der Waals surface area contributed by atoms with Crippen LogP contribution in [-0.2, 0) is 4.79 Å². The molecule has 0 fully saturated rings. The molecule has 0 saturated heterocycles. The molecule has 0 radical (unpaired) electrons. The van der Waals surface area contributed by atoms with Gasteiger partial charge in [-0.2, -0.15) is 0 Å². The van der Waals surface area contributed by atoms with Gasteiger partial charge < -0.3 is 4.74 Å². The Bertz CT molecular complexity index is 311. The van der Waals surface area contributed by atoms with E-state index in [1.807, 2.05) is 0 Å². The van der Waals surface area contributed by atoms with Crippen LogP contribution in [0, 0.1) is 10.1 Å². The van der Waals surface area contributed by atoms with Gasteiger partial charge in [0.2, 0.25) is 0 Å². The minimum absolute atomic E-state index is 0.301. The van der Waals surface area contributed by atoms with Crippen LogP contribution in [0.3, 0.4) is 0 Å². The summed E-state index contributed by atoms with van der Waals surface area (Å²) in [4.78, 5) is 20.5. The Morgan fingerprint density at radius 3 is 2.46 bits per heavy atom. The molecule has 0 spiro atoms. The van der Waals surface area contributed by atoms with Crippen LogP contribution < -0.4 is 4.74 Å². The van der Waals surface area contributed by atoms with Crippen LogP contribution in [0.1, 0.15) is 0 Å². The number of rotatable bonds is 4. The summed E-state index contributed by atoms with van der Waals surface area (Å²) < 4.78 is 4.00. The maximum absolute atomic E-state index is 10.1. The predicted octanol–water partition coefficient (Wildman–Crippen LogP) is 1.51. The molecule has 0 N–H and O–H groups in total. The SMILES string of the molecule is O=COc1ccc(S[N+](=O)[O-])cc1. The second-order valence-electron chi connectivity index (χ2n) is 2.00. The summed E-state index contributed by atoms with van der Waals surface area (Å²) in [7, 11) is 0. The number of nitrogens with zero attached hydrogens (tertiary/aromatic N) is 1. The van der Waals surface area contributed by atoms with Gasteiger partial charge in [0.1, 0.15) is 10.1 Å². The number of hydrogen-bond acceptors (Lipinski definition) is 5. The van der Waals surface area contributed by atoms with Gasteiger partial charge in [0.25, 0.3) is 18.4 Å². The fraction of sp³-hybridized carbons (Fsp3) is 0. The van der Waals surface area contributed by atoms with Gasteiger partial charge in [0, 0.05) is 0 Å². The van der Waals surface area contributed by atoms with Gasteiger partial charge in [-0.3, -0.25) is 14.9 Å². The molecule has 5 nitrogen and oxygen atoms in total. The first-order valence-electron chi connectivity index (χ1n) is 3.25. The van der Waals surface area contributed by atoms with Crippen molar-refractivity contribution in [3.05, 3.63) is 34.4 Å². The van der Waals surface area contributed by atoms with Gasteiger partial charge in [0.15, 0.2) is 0 Å². The normalized spacial score (nSPS) is 9.23. The highest BCUT2D eigenvalue weighted by atomic mass is 32.2. The van der Waals surface area contributed by atoms with Gasteiger partial charge in [-0.15, -0.1) is 0 Å². The highest BCUT2D eigenvalue weighted by Crippen LogP contribution is 2.20. The van der Waals surface area contributed by atoms with E-state index in [0.29, 0.717) is 29.1 Å². The molecular formula is C7H5NO4S. The second kappa shape index (κ2) is 4.46. The average Bonchev–Trinajstić information content (AvgIpc) is 2.08. The number of carbonyl (C=O) groups excluding carboxylic acids is 1. The summed E-state index contributed by atoms with van der Waals surface area (Å²) in [5.74, 6) is 0.364. The zero-order valence-electron chi connectivity index (χ0n) is 6.38. The summed E-state index contributed by atoms with van der Waals surface area (Å²) >= 11 is 0.504. The van der Waals surface area contributed by atoms with E-state index in [0.717, 1.165) is 0 Å². The first-order valence-corrected chi connectivity index (χ1v) is 4.02. The lowest BCUT2D eigenvalue weighted by atomic mass is 10.3. The molecule has 0 atom stereocenters. The van der Waals surface area contributed by atoms with Crippen molar-refractivity contribution in [3.8, 4) is 5.75 Å². The lowest BCUT2D eigenvalue weighted by Crippen LogP contribution is -1.88. The number of hydrogen-bond donors (Lipinski definition) is 0. The van der Waals surface area contributed by atoms with Crippen LogP contribution in [0.15, 0.2) is 29.2 Å². The fourth-order valence-electron chi connectivity index (χ4n) is 0.721. The molecular weight excluding hydrogens is 194 g/mol. The van der Waals surface area contributed by atoms with Crippen molar-refractivity contribution >= 4 is 18.4 Å². The molecule has 13 heavy (non-hydrogen) atoms. The van der Waals surface area contributed by atoms with E-state index in [4.69, 9.17) is 0 Å². The zero-order chi connectivity index (χ0) is 9.68. The standard InChI is InChI=1S/C7H5NO4S/c9-5-12-6-1-3-7(4-2-6)13-8(10)11/h1-5H. The predicted molar refractivity (Wildman–Crippen MR) is 46.0 cm³/mol. The molecule has 0 saturated carbocycles. The number of ether oxygens (including phenoxy) is 1. The highest BCUT2D eigenvalue weighted by Gasteiger charge is 2.04. The maximum atomic E-state index is 10.1. The highest BCUT2D eigenvalue weighted by molar-refractivity contribution is 7.93. The number of carbonyl (C=O) groups is 1. The Labute approximate surface area is 78.0 Å². The number of benzene rings is 1. The molecule has 68 valence electrons. The Kier molecular flexibility index (Phi) is 3.27. The second-order valence-corrected chi connectivity index (χ2v) is 2.95. The Morgan fingerprint density at radius 2 is 2.00 bits per heavy atom. The molecule has 0 bridgehead atoms. The Hall–Kier alpha value is -1.56. The van der Waals surface area contributed by atoms with Crippen molar-refractivity contribution in [1.82, 2.24) is 0 Å². The molecule has 6 heteroatoms. The third-order valence-corrected chi connectivity index (χ3v) is 1.82. The van der Waals surface area contributed by atoms with E-state index in [9.17, 15) is 14.9 Å². The average molecular weight is 199 g/mol. The molecule has 0 aliphatic heterocycles. The first kappa shape index (κ1) is 9.53. The summed E-state index contributed by atoms with van der Waals surface area (Å²) in [5.41, 5.74) is 0. The Balaban J connectivity index is 2.69. The van der Waals surface area contributed by atoms with Crippen LogP contribution in [-0.4, -0.2) is 10.8 Å². The zero-order valence-corrected chi connectivity index (χ0v) is 7.19. The monoisotopic (exact) mass is 199 g/mol. The van der Waals surface area contributed by atoms with E-state index in [2.05, 4.69) is 4.74 Å². The Morgan fingerprint density at radius 1 is 1.38 bits per heavy atom. The van der Waals surface area contributed by atoms with Gasteiger partial charge >= 0.3 is 0 Å². The minimum Gasteiger partial charge on any atom is -0.429 e. The third-order valence-electron chi connectivity index (χ3n) is 1.19. The van der Waals surface area contributed by atoms with Crippen LogP contribution >= 0.6 is 11.9 Å². The van der Waals surface area contributed by atoms with Crippen molar-refractivity contribution in [3.63, 3.8) is 0 Å². The van der Waals surface area contributed by atoms with E-state index in [-0.39, 0.29) is 0 Å². The van der Waals surface area contributed by atoms with E-state index in [1.165, 1.54) is 24.3 Å². The number of nitro groups is 1. The topological polar surface area (TPSA) is 69.4 Å². The smallest absolute Gasteiger partial charge is 0.298 e. The molecule has 1 aromatic carbocycles. The van der Waals surface area contributed by atoms with Crippen molar-refractivity contribution in [1.29, 1.82) is 0 Å². The van der Waals surface area contributed by atoms with Gasteiger partial charge in [-0.1, -0.05) is 0 Å². The van der Waals surface area contributed by atoms with Gasteiger partial charge in [-0.05, 0) is 24.3 Å². The van der Waals surface area contributed by atoms with Crippen LogP contribution in [0.5, 0.6) is 5.75 Å². The first-order chi connectivity index (χ1) is 6.22. The molecule has 0 aliphatic carbocycles. The van der Waals surface area contributed by atoms with Crippen LogP contribution in [0.25, 0.3) is 0 Å². The van der Waals surface area contributed by atoms with Crippen LogP contribution in [0.2, 0.25) is 0 Å². The van der Waals surface area contributed by atoms with E-state index >= 15 is 0 Å². The van der Waals surface area contributed by atoms with E-state index < -0.39 is 4.33 Å². The van der Waals surface area contributed by atoms with Crippen molar-refractivity contribution in [2.24, 2.45) is 0 Å². The summed E-state index contributed by atoms with van der Waals surface area (Å²) in [6.45, 7) is 0.301. The van der Waals surface area contributed by atoms with Crippen LogP contribution in [0.4, 0.5) is 0 Å². The van der Waals surface area contributed by atoms with E-state index in [1.54, 1.807) is 0 Å².